The molecule has 2 rings (SSSR count). The highest BCUT2D eigenvalue weighted by atomic mass is 16.4. The Labute approximate surface area is 116 Å². The van der Waals surface area contributed by atoms with Crippen LogP contribution < -0.4 is 0 Å². The third kappa shape index (κ3) is 2.98. The van der Waals surface area contributed by atoms with Gasteiger partial charge in [-0.2, -0.15) is 0 Å². The summed E-state index contributed by atoms with van der Waals surface area (Å²) in [5.74, 6) is -1.63. The minimum absolute atomic E-state index is 0.123. The molecule has 1 aliphatic rings. The first-order chi connectivity index (χ1) is 9.49. The topological polar surface area (TPSA) is 93.7 Å². The predicted molar refractivity (Wildman–Crippen MR) is 70.5 cm³/mol. The van der Waals surface area contributed by atoms with E-state index in [4.69, 9.17) is 5.11 Å². The predicted octanol–water partition coefficient (Wildman–Crippen LogP) is 0.407. The quantitative estimate of drug-likeness (QED) is 0.834. The summed E-state index contributed by atoms with van der Waals surface area (Å²) in [7, 11) is 1.41. The number of aliphatic carboxylic acids is 1. The van der Waals surface area contributed by atoms with Crippen LogP contribution in [-0.4, -0.2) is 64.4 Å². The van der Waals surface area contributed by atoms with Gasteiger partial charge in [0.15, 0.2) is 0 Å². The average Bonchev–Trinajstić information content (AvgIpc) is 3.07. The Bertz CT molecular complexity index is 531. The highest BCUT2D eigenvalue weighted by molar-refractivity contribution is 5.99. The Morgan fingerprint density at radius 3 is 2.60 bits per heavy atom. The van der Waals surface area contributed by atoms with Gasteiger partial charge in [0.2, 0.25) is 0 Å². The number of H-pyrrole nitrogens is 1. The monoisotopic (exact) mass is 279 g/mol. The lowest BCUT2D eigenvalue weighted by Crippen LogP contribution is -2.31. The van der Waals surface area contributed by atoms with Gasteiger partial charge < -0.3 is 19.9 Å². The van der Waals surface area contributed by atoms with Crippen LogP contribution in [0.25, 0.3) is 0 Å². The number of amides is 2. The number of nitrogens with one attached hydrogen (secondary N) is 1. The number of hydrogen-bond donors (Lipinski definition) is 2. The van der Waals surface area contributed by atoms with E-state index < -0.39 is 11.9 Å². The maximum atomic E-state index is 12.1. The molecule has 7 nitrogen and oxygen atoms in total. The van der Waals surface area contributed by atoms with Crippen molar-refractivity contribution in [2.75, 3.05) is 26.7 Å². The molecule has 2 heterocycles. The zero-order valence-corrected chi connectivity index (χ0v) is 11.3. The number of carboxylic acid groups (broad SMARTS) is 1. The Morgan fingerprint density at radius 1 is 1.35 bits per heavy atom. The highest BCUT2D eigenvalue weighted by Gasteiger charge is 2.22. The van der Waals surface area contributed by atoms with E-state index in [0.717, 1.165) is 30.8 Å². The van der Waals surface area contributed by atoms with Crippen LogP contribution in [0.2, 0.25) is 0 Å². The number of aromatic nitrogens is 1. The average molecular weight is 279 g/mol. The van der Waals surface area contributed by atoms with Crippen LogP contribution in [-0.2, 0) is 4.79 Å². The van der Waals surface area contributed by atoms with Gasteiger partial charge in [0.1, 0.15) is 12.2 Å². The van der Waals surface area contributed by atoms with Gasteiger partial charge >= 0.3 is 5.97 Å². The molecule has 0 radical (unpaired) electrons. The number of aromatic amines is 1. The highest BCUT2D eigenvalue weighted by Crippen LogP contribution is 2.14. The maximum Gasteiger partial charge on any atom is 0.323 e. The fraction of sp³-hybridized carbons (Fsp3) is 0.462. The van der Waals surface area contributed by atoms with Gasteiger partial charge in [-0.25, -0.2) is 0 Å². The van der Waals surface area contributed by atoms with Gasteiger partial charge in [0.25, 0.3) is 11.8 Å². The van der Waals surface area contributed by atoms with E-state index in [1.165, 1.54) is 19.3 Å². The SMILES string of the molecule is CN(CC(=O)O)C(=O)c1c[nH]c(C(=O)N2CCCC2)c1. The lowest BCUT2D eigenvalue weighted by atomic mass is 10.2. The number of likely N-dealkylation sites (tertiary alicyclic amines) is 1. The molecule has 2 amide bonds. The summed E-state index contributed by atoms with van der Waals surface area (Å²) in [6, 6.07) is 1.47. The van der Waals surface area contributed by atoms with E-state index in [1.807, 2.05) is 0 Å². The molecule has 0 unspecified atom stereocenters. The smallest absolute Gasteiger partial charge is 0.323 e. The van der Waals surface area contributed by atoms with Crippen molar-refractivity contribution in [3.63, 3.8) is 0 Å². The maximum absolute atomic E-state index is 12.1. The van der Waals surface area contributed by atoms with E-state index >= 15 is 0 Å². The minimum Gasteiger partial charge on any atom is -0.480 e. The summed E-state index contributed by atoms with van der Waals surface area (Å²) in [5, 5.41) is 8.65. The molecule has 108 valence electrons. The molecule has 1 aromatic rings. The van der Waals surface area contributed by atoms with Gasteiger partial charge in [-0.15, -0.1) is 0 Å². The van der Waals surface area contributed by atoms with Crippen molar-refractivity contribution in [1.29, 1.82) is 0 Å². The lowest BCUT2D eigenvalue weighted by Gasteiger charge is -2.14. The van der Waals surface area contributed by atoms with Crippen LogP contribution in [0.3, 0.4) is 0 Å². The Balaban J connectivity index is 2.06. The van der Waals surface area contributed by atoms with E-state index in [2.05, 4.69) is 4.98 Å². The molecule has 0 atom stereocenters. The molecule has 0 bridgehead atoms. The van der Waals surface area contributed by atoms with Crippen LogP contribution in [0.15, 0.2) is 12.3 Å². The van der Waals surface area contributed by atoms with E-state index in [0.29, 0.717) is 5.69 Å². The van der Waals surface area contributed by atoms with Crippen molar-refractivity contribution in [1.82, 2.24) is 14.8 Å². The zero-order valence-electron chi connectivity index (χ0n) is 11.3. The summed E-state index contributed by atoms with van der Waals surface area (Å²) < 4.78 is 0. The van der Waals surface area contributed by atoms with Crippen LogP contribution in [0, 0.1) is 0 Å². The molecule has 1 fully saturated rings. The second-order valence-corrected chi connectivity index (χ2v) is 4.86. The molecule has 20 heavy (non-hydrogen) atoms. The number of carbonyl (C=O) groups is 3. The van der Waals surface area contributed by atoms with Crippen molar-refractivity contribution in [2.24, 2.45) is 0 Å². The first-order valence-electron chi connectivity index (χ1n) is 6.44. The molecular weight excluding hydrogens is 262 g/mol. The van der Waals surface area contributed by atoms with Gasteiger partial charge in [-0.05, 0) is 18.9 Å². The number of nitrogens with zero attached hydrogens (tertiary/aromatic N) is 2. The third-order valence-electron chi connectivity index (χ3n) is 3.27. The fourth-order valence-corrected chi connectivity index (χ4v) is 2.23. The van der Waals surface area contributed by atoms with Gasteiger partial charge in [-0.1, -0.05) is 0 Å². The van der Waals surface area contributed by atoms with Crippen LogP contribution in [0.5, 0.6) is 0 Å². The molecule has 7 heteroatoms. The Hall–Kier alpha value is -2.31. The summed E-state index contributed by atoms with van der Waals surface area (Å²) in [4.78, 5) is 40.2. The summed E-state index contributed by atoms with van der Waals surface area (Å²) in [6.45, 7) is 1.10. The Morgan fingerprint density at radius 2 is 2.00 bits per heavy atom. The van der Waals surface area contributed by atoms with Crippen molar-refractivity contribution < 1.29 is 19.5 Å². The molecular formula is C13H17N3O4. The molecule has 2 N–H and O–H groups in total. The van der Waals surface area contributed by atoms with Crippen LogP contribution in [0.1, 0.15) is 33.7 Å². The first-order valence-corrected chi connectivity index (χ1v) is 6.44. The molecule has 1 aliphatic heterocycles. The third-order valence-corrected chi connectivity index (χ3v) is 3.27. The van der Waals surface area contributed by atoms with E-state index in [1.54, 1.807) is 4.90 Å². The first kappa shape index (κ1) is 14.1. The largest absolute Gasteiger partial charge is 0.480 e. The van der Waals surface area contributed by atoms with Gasteiger partial charge in [0, 0.05) is 26.3 Å². The number of rotatable bonds is 4. The van der Waals surface area contributed by atoms with Crippen molar-refractivity contribution in [2.45, 2.75) is 12.8 Å². The summed E-state index contributed by atoms with van der Waals surface area (Å²) in [5.41, 5.74) is 0.648. The molecule has 0 saturated carbocycles. The number of carbonyl (C=O) groups excluding carboxylic acids is 2. The second kappa shape index (κ2) is 5.77. The van der Waals surface area contributed by atoms with Crippen molar-refractivity contribution >= 4 is 17.8 Å². The standard InChI is InChI=1S/C13H17N3O4/c1-15(8-11(17)18)12(19)9-6-10(14-7-9)13(20)16-4-2-3-5-16/h6-7,14H,2-5,8H2,1H3,(H,17,18). The van der Waals surface area contributed by atoms with E-state index in [9.17, 15) is 14.4 Å². The molecule has 1 aromatic heterocycles. The summed E-state index contributed by atoms with van der Waals surface area (Å²) >= 11 is 0. The number of carboxylic acids is 1. The van der Waals surface area contributed by atoms with Crippen LogP contribution >= 0.6 is 0 Å². The minimum atomic E-state index is -1.08. The van der Waals surface area contributed by atoms with Gasteiger partial charge in [0.05, 0.1) is 5.56 Å². The second-order valence-electron chi connectivity index (χ2n) is 4.86. The van der Waals surface area contributed by atoms with Crippen molar-refractivity contribution in [3.8, 4) is 0 Å². The molecule has 1 saturated heterocycles. The zero-order chi connectivity index (χ0) is 14.7. The fourth-order valence-electron chi connectivity index (χ4n) is 2.23. The molecule has 0 spiro atoms. The normalized spacial score (nSPS) is 14.3. The van der Waals surface area contributed by atoms with Crippen molar-refractivity contribution in [3.05, 3.63) is 23.5 Å². The summed E-state index contributed by atoms with van der Waals surface area (Å²) in [6.07, 6.45) is 3.43. The van der Waals surface area contributed by atoms with E-state index in [-0.39, 0.29) is 18.0 Å². The molecule has 0 aromatic carbocycles. The van der Waals surface area contributed by atoms with Gasteiger partial charge in [-0.3, -0.25) is 14.4 Å². The lowest BCUT2D eigenvalue weighted by molar-refractivity contribution is -0.137. The number of likely N-dealkylation sites (N-methyl/N-ethyl adjacent to an activating group) is 1. The number of hydrogen-bond acceptors (Lipinski definition) is 3. The molecule has 0 aliphatic carbocycles. The Kier molecular flexibility index (Phi) is 4.07. The van der Waals surface area contributed by atoms with Crippen LogP contribution in [0.4, 0.5) is 0 Å².